The summed E-state index contributed by atoms with van der Waals surface area (Å²) in [6.07, 6.45) is 4.03. The molecule has 18 heavy (non-hydrogen) atoms. The molecule has 1 aliphatic heterocycles. The standard InChI is InChI=1S/C15H20BrNO/c1-10-11(7-8-18-10)9-17-15-6-5-12-13(15)3-2-4-14(12)16/h2-4,10-11,15,17H,5-9H2,1H3. The van der Waals surface area contributed by atoms with Crippen LogP contribution in [-0.2, 0) is 11.2 Å². The molecule has 1 aromatic rings. The second-order valence-corrected chi connectivity index (χ2v) is 6.29. The quantitative estimate of drug-likeness (QED) is 0.923. The van der Waals surface area contributed by atoms with Crippen LogP contribution in [0.25, 0.3) is 0 Å². The van der Waals surface area contributed by atoms with Crippen LogP contribution in [0.15, 0.2) is 22.7 Å². The van der Waals surface area contributed by atoms with Crippen molar-refractivity contribution in [1.82, 2.24) is 5.32 Å². The zero-order valence-corrected chi connectivity index (χ0v) is 12.4. The van der Waals surface area contributed by atoms with E-state index in [2.05, 4.69) is 46.4 Å². The molecule has 1 aliphatic carbocycles. The van der Waals surface area contributed by atoms with Crippen LogP contribution in [0.4, 0.5) is 0 Å². The molecule has 0 spiro atoms. The van der Waals surface area contributed by atoms with E-state index in [1.54, 1.807) is 0 Å². The molecule has 3 rings (SSSR count). The fourth-order valence-electron chi connectivity index (χ4n) is 3.16. The van der Waals surface area contributed by atoms with Crippen molar-refractivity contribution in [3.8, 4) is 0 Å². The first-order chi connectivity index (χ1) is 8.75. The van der Waals surface area contributed by atoms with E-state index < -0.39 is 0 Å². The molecule has 1 heterocycles. The zero-order chi connectivity index (χ0) is 12.5. The Kier molecular flexibility index (Phi) is 3.73. The van der Waals surface area contributed by atoms with E-state index in [1.807, 2.05) is 0 Å². The van der Waals surface area contributed by atoms with Gasteiger partial charge in [0.05, 0.1) is 6.10 Å². The maximum atomic E-state index is 5.62. The Morgan fingerprint density at radius 3 is 3.06 bits per heavy atom. The molecule has 0 radical (unpaired) electrons. The molecule has 98 valence electrons. The molecule has 1 saturated heterocycles. The minimum atomic E-state index is 0.417. The van der Waals surface area contributed by atoms with Crippen LogP contribution in [0.2, 0.25) is 0 Å². The summed E-state index contributed by atoms with van der Waals surface area (Å²) >= 11 is 3.65. The topological polar surface area (TPSA) is 21.3 Å². The van der Waals surface area contributed by atoms with Crippen LogP contribution in [0, 0.1) is 5.92 Å². The van der Waals surface area contributed by atoms with E-state index in [4.69, 9.17) is 4.74 Å². The summed E-state index contributed by atoms with van der Waals surface area (Å²) in [6.45, 7) is 4.20. The van der Waals surface area contributed by atoms with Gasteiger partial charge in [-0.05, 0) is 49.3 Å². The van der Waals surface area contributed by atoms with Gasteiger partial charge in [0, 0.05) is 23.7 Å². The van der Waals surface area contributed by atoms with Gasteiger partial charge in [0.1, 0.15) is 0 Å². The molecular weight excluding hydrogens is 290 g/mol. The zero-order valence-electron chi connectivity index (χ0n) is 10.8. The number of rotatable bonds is 3. The number of hydrogen-bond acceptors (Lipinski definition) is 2. The summed E-state index contributed by atoms with van der Waals surface area (Å²) in [5.74, 6) is 0.682. The second kappa shape index (κ2) is 5.32. The van der Waals surface area contributed by atoms with Crippen molar-refractivity contribution in [1.29, 1.82) is 0 Å². The van der Waals surface area contributed by atoms with Crippen LogP contribution < -0.4 is 5.32 Å². The van der Waals surface area contributed by atoms with Crippen LogP contribution in [0.3, 0.4) is 0 Å². The van der Waals surface area contributed by atoms with Gasteiger partial charge in [0.2, 0.25) is 0 Å². The average Bonchev–Trinajstić information content (AvgIpc) is 2.94. The summed E-state index contributed by atoms with van der Waals surface area (Å²) in [4.78, 5) is 0. The third-order valence-electron chi connectivity index (χ3n) is 4.37. The predicted octanol–water partition coefficient (Wildman–Crippen LogP) is 3.45. The van der Waals surface area contributed by atoms with E-state index in [0.717, 1.165) is 13.2 Å². The molecule has 0 bridgehead atoms. The van der Waals surface area contributed by atoms with Gasteiger partial charge in [0.15, 0.2) is 0 Å². The van der Waals surface area contributed by atoms with E-state index in [-0.39, 0.29) is 0 Å². The summed E-state index contributed by atoms with van der Waals surface area (Å²) < 4.78 is 6.89. The molecule has 1 N–H and O–H groups in total. The highest BCUT2D eigenvalue weighted by Gasteiger charge is 2.27. The number of nitrogens with one attached hydrogen (secondary N) is 1. The molecule has 0 saturated carbocycles. The van der Waals surface area contributed by atoms with Crippen LogP contribution >= 0.6 is 15.9 Å². The Hall–Kier alpha value is -0.380. The largest absolute Gasteiger partial charge is 0.378 e. The number of benzene rings is 1. The van der Waals surface area contributed by atoms with Gasteiger partial charge >= 0.3 is 0 Å². The number of halogens is 1. The molecule has 2 aliphatic rings. The Balaban J connectivity index is 1.64. The maximum Gasteiger partial charge on any atom is 0.0588 e. The first kappa shape index (κ1) is 12.6. The predicted molar refractivity (Wildman–Crippen MR) is 76.7 cm³/mol. The first-order valence-corrected chi connectivity index (χ1v) is 7.67. The third-order valence-corrected chi connectivity index (χ3v) is 5.12. The second-order valence-electron chi connectivity index (χ2n) is 5.43. The summed E-state index contributed by atoms with van der Waals surface area (Å²) in [6, 6.07) is 7.09. The van der Waals surface area contributed by atoms with Crippen molar-refractivity contribution in [3.05, 3.63) is 33.8 Å². The van der Waals surface area contributed by atoms with E-state index >= 15 is 0 Å². The summed E-state index contributed by atoms with van der Waals surface area (Å²) in [5.41, 5.74) is 2.97. The van der Waals surface area contributed by atoms with Gasteiger partial charge in [-0.15, -0.1) is 0 Å². The van der Waals surface area contributed by atoms with Crippen molar-refractivity contribution in [3.63, 3.8) is 0 Å². The van der Waals surface area contributed by atoms with Gasteiger partial charge in [0.25, 0.3) is 0 Å². The lowest BCUT2D eigenvalue weighted by atomic mass is 10.0. The van der Waals surface area contributed by atoms with Crippen LogP contribution in [-0.4, -0.2) is 19.3 Å². The van der Waals surface area contributed by atoms with Crippen molar-refractivity contribution < 1.29 is 4.74 Å². The van der Waals surface area contributed by atoms with Crippen molar-refractivity contribution in [2.75, 3.05) is 13.2 Å². The Morgan fingerprint density at radius 1 is 1.39 bits per heavy atom. The third kappa shape index (κ3) is 2.36. The maximum absolute atomic E-state index is 5.62. The van der Waals surface area contributed by atoms with Gasteiger partial charge in [-0.1, -0.05) is 28.1 Å². The normalized spacial score (nSPS) is 30.7. The average molecular weight is 310 g/mol. The molecule has 3 unspecified atom stereocenters. The first-order valence-electron chi connectivity index (χ1n) is 6.88. The molecule has 2 nitrogen and oxygen atoms in total. The molecular formula is C15H20BrNO. The lowest BCUT2D eigenvalue weighted by Crippen LogP contribution is -2.29. The lowest BCUT2D eigenvalue weighted by molar-refractivity contribution is 0.105. The minimum Gasteiger partial charge on any atom is -0.378 e. The number of fused-ring (bicyclic) bond motifs is 1. The van der Waals surface area contributed by atoms with Crippen LogP contribution in [0.1, 0.15) is 36.9 Å². The number of hydrogen-bond donors (Lipinski definition) is 1. The molecule has 1 fully saturated rings. The Bertz CT molecular complexity index is 435. The molecule has 0 amide bonds. The summed E-state index contributed by atoms with van der Waals surface area (Å²) in [5, 5.41) is 3.74. The number of ether oxygens (including phenoxy) is 1. The smallest absolute Gasteiger partial charge is 0.0588 e. The lowest BCUT2D eigenvalue weighted by Gasteiger charge is -2.19. The van der Waals surface area contributed by atoms with Crippen molar-refractivity contribution in [2.24, 2.45) is 5.92 Å². The van der Waals surface area contributed by atoms with Crippen molar-refractivity contribution in [2.45, 2.75) is 38.3 Å². The Morgan fingerprint density at radius 2 is 2.28 bits per heavy atom. The van der Waals surface area contributed by atoms with E-state index in [0.29, 0.717) is 18.1 Å². The molecule has 1 aromatic carbocycles. The molecule has 3 heteroatoms. The molecule has 3 atom stereocenters. The highest BCUT2D eigenvalue weighted by atomic mass is 79.9. The molecule has 0 aromatic heterocycles. The van der Waals surface area contributed by atoms with Gasteiger partial charge in [-0.2, -0.15) is 0 Å². The minimum absolute atomic E-state index is 0.417. The fourth-order valence-corrected chi connectivity index (χ4v) is 3.74. The summed E-state index contributed by atoms with van der Waals surface area (Å²) in [7, 11) is 0. The fraction of sp³-hybridized carbons (Fsp3) is 0.600. The van der Waals surface area contributed by atoms with Gasteiger partial charge < -0.3 is 10.1 Å². The Labute approximate surface area is 117 Å². The van der Waals surface area contributed by atoms with E-state index in [9.17, 15) is 0 Å². The van der Waals surface area contributed by atoms with Crippen LogP contribution in [0.5, 0.6) is 0 Å². The van der Waals surface area contributed by atoms with Gasteiger partial charge in [-0.25, -0.2) is 0 Å². The monoisotopic (exact) mass is 309 g/mol. The highest BCUT2D eigenvalue weighted by molar-refractivity contribution is 9.10. The van der Waals surface area contributed by atoms with E-state index in [1.165, 1.54) is 34.9 Å². The van der Waals surface area contributed by atoms with Gasteiger partial charge in [-0.3, -0.25) is 0 Å². The highest BCUT2D eigenvalue weighted by Crippen LogP contribution is 2.35. The SMILES string of the molecule is CC1OCCC1CNC1CCc2c(Br)cccc21. The van der Waals surface area contributed by atoms with Crippen molar-refractivity contribution >= 4 is 15.9 Å².